The number of halogens is 1. The minimum Gasteiger partial charge on any atom is -0.439 e. The molecule has 0 atom stereocenters. The van der Waals surface area contributed by atoms with Crippen molar-refractivity contribution >= 4 is 17.6 Å². The molecule has 0 aliphatic heterocycles. The summed E-state index contributed by atoms with van der Waals surface area (Å²) in [6.45, 7) is 4.92. The normalized spacial score (nSPS) is 13.2. The number of amides is 2. The molecule has 3 aromatic rings. The van der Waals surface area contributed by atoms with E-state index in [4.69, 9.17) is 21.4 Å². The van der Waals surface area contributed by atoms with Gasteiger partial charge < -0.3 is 15.0 Å². The fourth-order valence-corrected chi connectivity index (χ4v) is 3.49. The van der Waals surface area contributed by atoms with Gasteiger partial charge in [-0.05, 0) is 63.1 Å². The van der Waals surface area contributed by atoms with Crippen LogP contribution < -0.4 is 10.1 Å². The zero-order valence-electron chi connectivity index (χ0n) is 17.1. The highest BCUT2D eigenvalue weighted by atomic mass is 35.5. The first-order chi connectivity index (χ1) is 14.6. The molecule has 1 aromatic heterocycles. The van der Waals surface area contributed by atoms with Gasteiger partial charge >= 0.3 is 6.03 Å². The molecule has 2 aromatic carbocycles. The number of hydrogen-bond acceptors (Lipinski definition) is 3. The average Bonchev–Trinajstić information content (AvgIpc) is 3.54. The zero-order chi connectivity index (χ0) is 21.1. The molecule has 1 heterocycles. The van der Waals surface area contributed by atoms with Crippen molar-refractivity contribution in [2.45, 2.75) is 39.3 Å². The van der Waals surface area contributed by atoms with E-state index >= 15 is 0 Å². The molecule has 156 valence electrons. The number of hydrogen-bond donors (Lipinski definition) is 1. The van der Waals surface area contributed by atoms with Crippen LogP contribution in [0.5, 0.6) is 11.6 Å². The Morgan fingerprint density at radius 1 is 1.20 bits per heavy atom. The lowest BCUT2D eigenvalue weighted by molar-refractivity contribution is 0.192. The summed E-state index contributed by atoms with van der Waals surface area (Å²) in [6, 6.07) is 17.3. The summed E-state index contributed by atoms with van der Waals surface area (Å²) in [5.41, 5.74) is 2.62. The fourth-order valence-electron chi connectivity index (χ4n) is 3.36. The maximum Gasteiger partial charge on any atom is 0.317 e. The second-order valence-corrected chi connectivity index (χ2v) is 7.80. The summed E-state index contributed by atoms with van der Waals surface area (Å²) in [6.07, 6.45) is 2.05. The Morgan fingerprint density at radius 3 is 2.53 bits per heavy atom. The van der Waals surface area contributed by atoms with E-state index in [1.807, 2.05) is 61.2 Å². The summed E-state index contributed by atoms with van der Waals surface area (Å²) >= 11 is 6.03. The highest BCUT2D eigenvalue weighted by molar-refractivity contribution is 6.30. The van der Waals surface area contributed by atoms with Crippen LogP contribution >= 0.6 is 11.6 Å². The van der Waals surface area contributed by atoms with Crippen molar-refractivity contribution in [1.29, 1.82) is 0 Å². The number of urea groups is 1. The number of para-hydroxylation sites is 1. The van der Waals surface area contributed by atoms with Crippen LogP contribution in [-0.4, -0.2) is 33.3 Å². The number of nitrogens with one attached hydrogen (secondary N) is 1. The smallest absolute Gasteiger partial charge is 0.317 e. The van der Waals surface area contributed by atoms with Crippen LogP contribution in [0, 0.1) is 6.92 Å². The summed E-state index contributed by atoms with van der Waals surface area (Å²) in [5, 5.41) is 8.31. The lowest BCUT2D eigenvalue weighted by atomic mass is 10.2. The van der Waals surface area contributed by atoms with E-state index in [1.54, 1.807) is 16.8 Å². The number of benzene rings is 2. The van der Waals surface area contributed by atoms with E-state index in [2.05, 4.69) is 5.32 Å². The van der Waals surface area contributed by atoms with Crippen molar-refractivity contribution < 1.29 is 9.53 Å². The van der Waals surface area contributed by atoms with Crippen molar-refractivity contribution in [3.63, 3.8) is 0 Å². The number of aryl methyl sites for hydroxylation is 1. The maximum atomic E-state index is 12.7. The molecule has 0 radical (unpaired) electrons. The number of carbonyl (C=O) groups excluding carboxylic acids is 1. The molecule has 1 saturated carbocycles. The van der Waals surface area contributed by atoms with Crippen LogP contribution in [0.2, 0.25) is 5.02 Å². The molecule has 1 aliphatic rings. The van der Waals surface area contributed by atoms with Gasteiger partial charge in [0, 0.05) is 17.6 Å². The summed E-state index contributed by atoms with van der Waals surface area (Å²) < 4.78 is 8.09. The molecule has 0 unspecified atom stereocenters. The second-order valence-electron chi connectivity index (χ2n) is 7.37. The van der Waals surface area contributed by atoms with Gasteiger partial charge in [0.25, 0.3) is 0 Å². The van der Waals surface area contributed by atoms with E-state index in [0.29, 0.717) is 29.7 Å². The zero-order valence-corrected chi connectivity index (χ0v) is 17.9. The molecule has 1 aliphatic carbocycles. The van der Waals surface area contributed by atoms with Crippen molar-refractivity contribution in [2.75, 3.05) is 6.54 Å². The van der Waals surface area contributed by atoms with Crippen molar-refractivity contribution in [3.05, 3.63) is 70.9 Å². The van der Waals surface area contributed by atoms with Crippen LogP contribution in [0.3, 0.4) is 0 Å². The summed E-state index contributed by atoms with van der Waals surface area (Å²) in [5.74, 6) is 1.27. The lowest BCUT2D eigenvalue weighted by Crippen LogP contribution is -2.40. The van der Waals surface area contributed by atoms with Gasteiger partial charge in [0.05, 0.1) is 23.5 Å². The van der Waals surface area contributed by atoms with Gasteiger partial charge in [-0.1, -0.05) is 29.8 Å². The Hall–Kier alpha value is -2.99. The third-order valence-electron chi connectivity index (χ3n) is 5.07. The topological polar surface area (TPSA) is 59.4 Å². The first kappa shape index (κ1) is 20.3. The lowest BCUT2D eigenvalue weighted by Gasteiger charge is -2.23. The molecular weight excluding hydrogens is 400 g/mol. The molecule has 0 saturated heterocycles. The largest absolute Gasteiger partial charge is 0.439 e. The predicted octanol–water partition coefficient (Wildman–Crippen LogP) is 5.32. The predicted molar refractivity (Wildman–Crippen MR) is 117 cm³/mol. The number of ether oxygens (including phenoxy) is 1. The molecule has 2 amide bonds. The number of aromatic nitrogens is 2. The third-order valence-corrected chi connectivity index (χ3v) is 5.32. The van der Waals surface area contributed by atoms with Crippen LogP contribution in [0.25, 0.3) is 5.69 Å². The van der Waals surface area contributed by atoms with Gasteiger partial charge in [-0.15, -0.1) is 0 Å². The van der Waals surface area contributed by atoms with Gasteiger partial charge in [-0.2, -0.15) is 5.10 Å². The van der Waals surface area contributed by atoms with Crippen LogP contribution in [0.4, 0.5) is 4.79 Å². The first-order valence-corrected chi connectivity index (χ1v) is 10.6. The molecule has 1 N–H and O–H groups in total. The quantitative estimate of drug-likeness (QED) is 0.558. The molecule has 6 nitrogen and oxygen atoms in total. The van der Waals surface area contributed by atoms with Crippen molar-refractivity contribution in [2.24, 2.45) is 0 Å². The third kappa shape index (κ3) is 4.44. The molecule has 4 rings (SSSR count). The fraction of sp³-hybridized carbons (Fsp3) is 0.304. The van der Waals surface area contributed by atoms with Crippen LogP contribution in [-0.2, 0) is 6.54 Å². The minimum atomic E-state index is -0.0516. The van der Waals surface area contributed by atoms with Crippen molar-refractivity contribution in [3.8, 4) is 17.3 Å². The average molecular weight is 425 g/mol. The molecule has 7 heteroatoms. The van der Waals surface area contributed by atoms with Gasteiger partial charge in [0.15, 0.2) is 0 Å². The molecular formula is C23H25ClN4O2. The van der Waals surface area contributed by atoms with Crippen LogP contribution in [0.1, 0.15) is 31.0 Å². The SMILES string of the molecule is CCNC(=O)N(Cc1c(C)nn(-c2ccccc2)c1Oc1ccc(Cl)cc1)C1CC1. The summed E-state index contributed by atoms with van der Waals surface area (Å²) in [4.78, 5) is 14.5. The minimum absolute atomic E-state index is 0.0516. The van der Waals surface area contributed by atoms with Gasteiger partial charge in [0.2, 0.25) is 5.88 Å². The van der Waals surface area contributed by atoms with E-state index in [-0.39, 0.29) is 12.1 Å². The highest BCUT2D eigenvalue weighted by Crippen LogP contribution is 2.35. The Labute approximate surface area is 181 Å². The van der Waals surface area contributed by atoms with Gasteiger partial charge in [0.1, 0.15) is 5.75 Å². The van der Waals surface area contributed by atoms with E-state index in [1.165, 1.54) is 0 Å². The first-order valence-electron chi connectivity index (χ1n) is 10.2. The Balaban J connectivity index is 1.74. The Kier molecular flexibility index (Phi) is 5.95. The van der Waals surface area contributed by atoms with Crippen molar-refractivity contribution in [1.82, 2.24) is 20.0 Å². The number of nitrogens with zero attached hydrogens (tertiary/aromatic N) is 3. The Bertz CT molecular complexity index is 1010. The summed E-state index contributed by atoms with van der Waals surface area (Å²) in [7, 11) is 0. The molecule has 0 bridgehead atoms. The molecule has 1 fully saturated rings. The second kappa shape index (κ2) is 8.79. The number of rotatable bonds is 7. The van der Waals surface area contributed by atoms with Crippen LogP contribution in [0.15, 0.2) is 54.6 Å². The van der Waals surface area contributed by atoms with Gasteiger partial charge in [-0.25, -0.2) is 9.48 Å². The highest BCUT2D eigenvalue weighted by Gasteiger charge is 2.34. The van der Waals surface area contributed by atoms with E-state index < -0.39 is 0 Å². The van der Waals surface area contributed by atoms with Gasteiger partial charge in [-0.3, -0.25) is 0 Å². The van der Waals surface area contributed by atoms with E-state index in [0.717, 1.165) is 29.8 Å². The standard InChI is InChI=1S/C23H25ClN4O2/c1-3-25-23(29)27(18-11-12-18)15-21-16(2)26-28(19-7-5-4-6-8-19)22(21)30-20-13-9-17(24)10-14-20/h4-10,13-14,18H,3,11-12,15H2,1-2H3,(H,25,29). The molecule has 0 spiro atoms. The van der Waals surface area contributed by atoms with E-state index in [9.17, 15) is 4.79 Å². The Morgan fingerprint density at radius 2 is 1.90 bits per heavy atom. The maximum absolute atomic E-state index is 12.7. The monoisotopic (exact) mass is 424 g/mol. The molecule has 30 heavy (non-hydrogen) atoms. The number of carbonyl (C=O) groups is 1.